The van der Waals surface area contributed by atoms with Crippen LogP contribution in [0.3, 0.4) is 0 Å². The second kappa shape index (κ2) is 7.73. The molecule has 1 aliphatic heterocycles. The van der Waals surface area contributed by atoms with Gasteiger partial charge in [0.1, 0.15) is 17.3 Å². The third kappa shape index (κ3) is 4.66. The van der Waals surface area contributed by atoms with Crippen molar-refractivity contribution in [2.24, 2.45) is 5.73 Å². The van der Waals surface area contributed by atoms with E-state index in [9.17, 15) is 0 Å². The molecular formula is C16H25N3OS. The highest BCUT2D eigenvalue weighted by atomic mass is 32.1. The molecule has 116 valence electrons. The first-order valence-corrected chi connectivity index (χ1v) is 7.89. The molecule has 0 spiro atoms. The maximum absolute atomic E-state index is 5.87. The van der Waals surface area contributed by atoms with Gasteiger partial charge in [-0.25, -0.2) is 0 Å². The van der Waals surface area contributed by atoms with Gasteiger partial charge in [0.25, 0.3) is 0 Å². The number of hydrogen-bond donors (Lipinski definition) is 1. The lowest BCUT2D eigenvalue weighted by atomic mass is 10.1. The Morgan fingerprint density at radius 3 is 2.90 bits per heavy atom. The van der Waals surface area contributed by atoms with E-state index in [-0.39, 0.29) is 0 Å². The number of benzene rings is 1. The summed E-state index contributed by atoms with van der Waals surface area (Å²) in [5, 5.41) is 0. The van der Waals surface area contributed by atoms with Crippen LogP contribution in [0.1, 0.15) is 18.4 Å². The normalized spacial score (nSPS) is 19.7. The number of hydrogen-bond acceptors (Lipinski definition) is 4. The Morgan fingerprint density at radius 1 is 1.43 bits per heavy atom. The fourth-order valence-corrected chi connectivity index (χ4v) is 2.91. The maximum atomic E-state index is 5.87. The van der Waals surface area contributed by atoms with Crippen molar-refractivity contribution in [1.29, 1.82) is 0 Å². The van der Waals surface area contributed by atoms with Gasteiger partial charge in [0.05, 0.1) is 5.56 Å². The fraction of sp³-hybridized carbons (Fsp3) is 0.562. The molecule has 0 saturated carbocycles. The lowest BCUT2D eigenvalue weighted by Crippen LogP contribution is -2.46. The van der Waals surface area contributed by atoms with Crippen molar-refractivity contribution >= 4 is 17.2 Å². The van der Waals surface area contributed by atoms with Crippen LogP contribution in [0.15, 0.2) is 24.3 Å². The molecule has 1 aliphatic rings. The van der Waals surface area contributed by atoms with E-state index in [1.165, 1.54) is 12.8 Å². The molecule has 21 heavy (non-hydrogen) atoms. The average Bonchev–Trinajstić information content (AvgIpc) is 2.48. The smallest absolute Gasteiger partial charge is 0.129 e. The lowest BCUT2D eigenvalue weighted by molar-refractivity contribution is 0.117. The highest BCUT2D eigenvalue weighted by molar-refractivity contribution is 7.80. The average molecular weight is 307 g/mol. The first-order valence-electron chi connectivity index (χ1n) is 7.48. The Labute approximate surface area is 132 Å². The Bertz CT molecular complexity index is 478. The van der Waals surface area contributed by atoms with Crippen molar-refractivity contribution in [1.82, 2.24) is 9.80 Å². The van der Waals surface area contributed by atoms with Crippen LogP contribution < -0.4 is 10.5 Å². The highest BCUT2D eigenvalue weighted by Gasteiger charge is 2.21. The van der Waals surface area contributed by atoms with E-state index < -0.39 is 0 Å². The molecular weight excluding hydrogens is 282 g/mol. The minimum absolute atomic E-state index is 0.385. The summed E-state index contributed by atoms with van der Waals surface area (Å²) in [5.74, 6) is 0.783. The van der Waals surface area contributed by atoms with Crippen molar-refractivity contribution in [3.05, 3.63) is 29.8 Å². The number of piperidine rings is 1. The minimum Gasteiger partial charge on any atom is -0.492 e. The van der Waals surface area contributed by atoms with Crippen LogP contribution in [-0.2, 0) is 0 Å². The fourth-order valence-electron chi connectivity index (χ4n) is 2.74. The SMILES string of the molecule is CN(C)C1CCCN(CCOc2ccccc2C(N)=S)C1. The number of rotatable bonds is 6. The number of nitrogens with two attached hydrogens (primary N) is 1. The monoisotopic (exact) mass is 307 g/mol. The van der Waals surface area contributed by atoms with E-state index in [2.05, 4.69) is 23.9 Å². The molecule has 1 atom stereocenters. The predicted molar refractivity (Wildman–Crippen MR) is 91.0 cm³/mol. The minimum atomic E-state index is 0.385. The van der Waals surface area contributed by atoms with Gasteiger partial charge in [-0.15, -0.1) is 0 Å². The van der Waals surface area contributed by atoms with Gasteiger partial charge < -0.3 is 15.4 Å². The summed E-state index contributed by atoms with van der Waals surface area (Å²) in [5.41, 5.74) is 6.53. The van der Waals surface area contributed by atoms with Gasteiger partial charge in [0.2, 0.25) is 0 Å². The van der Waals surface area contributed by atoms with Crippen molar-refractivity contribution in [3.63, 3.8) is 0 Å². The molecule has 0 radical (unpaired) electrons. The second-order valence-corrected chi connectivity index (χ2v) is 6.21. The van der Waals surface area contributed by atoms with Crippen LogP contribution in [0.2, 0.25) is 0 Å². The summed E-state index contributed by atoms with van der Waals surface area (Å²) in [6.45, 7) is 3.88. The molecule has 0 bridgehead atoms. The molecule has 1 fully saturated rings. The van der Waals surface area contributed by atoms with Gasteiger partial charge >= 0.3 is 0 Å². The van der Waals surface area contributed by atoms with Gasteiger partial charge in [0.15, 0.2) is 0 Å². The molecule has 1 unspecified atom stereocenters. The van der Waals surface area contributed by atoms with Gasteiger partial charge in [-0.3, -0.25) is 4.90 Å². The second-order valence-electron chi connectivity index (χ2n) is 5.77. The number of likely N-dealkylation sites (N-methyl/N-ethyl adjacent to an activating group) is 1. The summed E-state index contributed by atoms with van der Waals surface area (Å²) < 4.78 is 5.87. The molecule has 1 aromatic carbocycles. The van der Waals surface area contributed by atoms with Crippen molar-refractivity contribution < 1.29 is 4.74 Å². The molecule has 4 nitrogen and oxygen atoms in total. The third-order valence-corrected chi connectivity index (χ3v) is 4.25. The quantitative estimate of drug-likeness (QED) is 0.811. The Kier molecular flexibility index (Phi) is 5.96. The van der Waals surface area contributed by atoms with Crippen LogP contribution in [0.5, 0.6) is 5.75 Å². The van der Waals surface area contributed by atoms with E-state index in [0.29, 0.717) is 17.6 Å². The Hall–Kier alpha value is -1.17. The van der Waals surface area contributed by atoms with E-state index >= 15 is 0 Å². The summed E-state index contributed by atoms with van der Waals surface area (Å²) in [6.07, 6.45) is 2.54. The molecule has 1 saturated heterocycles. The van der Waals surface area contributed by atoms with E-state index in [4.69, 9.17) is 22.7 Å². The van der Waals surface area contributed by atoms with Gasteiger partial charge in [-0.2, -0.15) is 0 Å². The first kappa shape index (κ1) is 16.2. The number of thiocarbonyl (C=S) groups is 1. The van der Waals surface area contributed by atoms with Crippen LogP contribution in [0, 0.1) is 0 Å². The van der Waals surface area contributed by atoms with Crippen LogP contribution in [0.25, 0.3) is 0 Å². The van der Waals surface area contributed by atoms with Crippen LogP contribution >= 0.6 is 12.2 Å². The molecule has 5 heteroatoms. The van der Waals surface area contributed by atoms with Crippen molar-refractivity contribution in [2.45, 2.75) is 18.9 Å². The third-order valence-electron chi connectivity index (χ3n) is 4.03. The number of nitrogens with zero attached hydrogens (tertiary/aromatic N) is 2. The Morgan fingerprint density at radius 2 is 2.19 bits per heavy atom. The molecule has 0 aliphatic carbocycles. The van der Waals surface area contributed by atoms with E-state index in [1.54, 1.807) is 0 Å². The highest BCUT2D eigenvalue weighted by Crippen LogP contribution is 2.18. The van der Waals surface area contributed by atoms with Crippen molar-refractivity contribution in [2.75, 3.05) is 40.3 Å². The van der Waals surface area contributed by atoms with Gasteiger partial charge in [0, 0.05) is 19.1 Å². The zero-order valence-electron chi connectivity index (χ0n) is 12.9. The van der Waals surface area contributed by atoms with Gasteiger partial charge in [-0.1, -0.05) is 24.4 Å². The Balaban J connectivity index is 1.83. The largest absolute Gasteiger partial charge is 0.492 e. The molecule has 0 aromatic heterocycles. The topological polar surface area (TPSA) is 41.7 Å². The molecule has 1 heterocycles. The molecule has 1 aromatic rings. The molecule has 0 amide bonds. The standard InChI is InChI=1S/C16H25N3OS/c1-18(2)13-6-5-9-19(12-13)10-11-20-15-8-4-3-7-14(15)16(17)21/h3-4,7-8,13H,5-6,9-12H2,1-2H3,(H2,17,21). The summed E-state index contributed by atoms with van der Waals surface area (Å²) in [6, 6.07) is 8.35. The molecule has 2 rings (SSSR count). The predicted octanol–water partition coefficient (Wildman–Crippen LogP) is 1.73. The number of para-hydroxylation sites is 1. The maximum Gasteiger partial charge on any atom is 0.129 e. The number of likely N-dealkylation sites (tertiary alicyclic amines) is 1. The van der Waals surface area contributed by atoms with Crippen LogP contribution in [0.4, 0.5) is 0 Å². The summed E-state index contributed by atoms with van der Waals surface area (Å²) in [4.78, 5) is 5.17. The molecule has 2 N–H and O–H groups in total. The summed E-state index contributed by atoms with van der Waals surface area (Å²) >= 11 is 5.05. The van der Waals surface area contributed by atoms with Gasteiger partial charge in [-0.05, 0) is 45.6 Å². The lowest BCUT2D eigenvalue weighted by Gasteiger charge is -2.36. The van der Waals surface area contributed by atoms with E-state index in [1.807, 2.05) is 24.3 Å². The first-order chi connectivity index (χ1) is 10.1. The van der Waals surface area contributed by atoms with Crippen LogP contribution in [-0.4, -0.2) is 61.2 Å². The van der Waals surface area contributed by atoms with Crippen molar-refractivity contribution in [3.8, 4) is 5.75 Å². The number of ether oxygens (including phenoxy) is 1. The zero-order chi connectivity index (χ0) is 15.2. The zero-order valence-corrected chi connectivity index (χ0v) is 13.7. The van der Waals surface area contributed by atoms with E-state index in [0.717, 1.165) is 30.9 Å². The summed E-state index contributed by atoms with van der Waals surface area (Å²) in [7, 11) is 4.31.